The molecule has 1 rings (SSSR count). The highest BCUT2D eigenvalue weighted by Gasteiger charge is 2.30. The van der Waals surface area contributed by atoms with Crippen molar-refractivity contribution in [3.05, 3.63) is 0 Å². The molecule has 0 saturated carbocycles. The largest absolute Gasteiger partial charge is 0.329 e. The van der Waals surface area contributed by atoms with Gasteiger partial charge in [-0.15, -0.1) is 0 Å². The Balaban J connectivity index is 2.44. The number of thioether (sulfide) groups is 1. The van der Waals surface area contributed by atoms with Crippen molar-refractivity contribution >= 4 is 11.8 Å². The van der Waals surface area contributed by atoms with Gasteiger partial charge in [0.1, 0.15) is 0 Å². The second-order valence-corrected chi connectivity index (χ2v) is 6.91. The summed E-state index contributed by atoms with van der Waals surface area (Å²) in [6.45, 7) is 10.2. The summed E-state index contributed by atoms with van der Waals surface area (Å²) in [5.41, 5.74) is 5.88. The van der Waals surface area contributed by atoms with E-state index in [2.05, 4.69) is 37.4 Å². The number of hydrogen-bond acceptors (Lipinski definition) is 3. The lowest BCUT2D eigenvalue weighted by atomic mass is 10.1. The number of hydrogen-bond donors (Lipinski definition) is 1. The normalized spacial score (nSPS) is 24.0. The molecule has 15 heavy (non-hydrogen) atoms. The summed E-state index contributed by atoms with van der Waals surface area (Å²) in [6.07, 6.45) is 3.86. The average molecular weight is 230 g/mol. The van der Waals surface area contributed by atoms with Gasteiger partial charge in [0.05, 0.1) is 0 Å². The summed E-state index contributed by atoms with van der Waals surface area (Å²) in [7, 11) is 0. The Kier molecular flexibility index (Phi) is 5.44. The SMILES string of the molecule is CCCCC(CN)N1CCSC(C)(C)C1. The number of unbranched alkanes of at least 4 members (excludes halogenated alkanes) is 1. The topological polar surface area (TPSA) is 29.3 Å². The van der Waals surface area contributed by atoms with Gasteiger partial charge in [-0.1, -0.05) is 19.8 Å². The molecule has 2 N–H and O–H groups in total. The first-order valence-electron chi connectivity index (χ1n) is 6.17. The van der Waals surface area contributed by atoms with Crippen LogP contribution in [0.25, 0.3) is 0 Å². The summed E-state index contributed by atoms with van der Waals surface area (Å²) < 4.78 is 0.415. The fourth-order valence-electron chi connectivity index (χ4n) is 2.25. The first kappa shape index (κ1) is 13.3. The van der Waals surface area contributed by atoms with Gasteiger partial charge in [0.2, 0.25) is 0 Å². The monoisotopic (exact) mass is 230 g/mol. The van der Waals surface area contributed by atoms with Crippen molar-refractivity contribution in [3.63, 3.8) is 0 Å². The van der Waals surface area contributed by atoms with E-state index in [0.717, 1.165) is 6.54 Å². The lowest BCUT2D eigenvalue weighted by Gasteiger charge is -2.41. The Morgan fingerprint density at radius 2 is 2.20 bits per heavy atom. The summed E-state index contributed by atoms with van der Waals surface area (Å²) in [5.74, 6) is 1.26. The first-order valence-corrected chi connectivity index (χ1v) is 7.15. The van der Waals surface area contributed by atoms with Crippen LogP contribution >= 0.6 is 11.8 Å². The lowest BCUT2D eigenvalue weighted by molar-refractivity contribution is 0.180. The van der Waals surface area contributed by atoms with E-state index in [1.807, 2.05) is 0 Å². The average Bonchev–Trinajstić information content (AvgIpc) is 2.17. The highest BCUT2D eigenvalue weighted by molar-refractivity contribution is 8.00. The van der Waals surface area contributed by atoms with Gasteiger partial charge in [-0.25, -0.2) is 0 Å². The zero-order chi connectivity index (χ0) is 11.3. The van der Waals surface area contributed by atoms with Crippen molar-refractivity contribution in [2.24, 2.45) is 5.73 Å². The molecule has 90 valence electrons. The predicted molar refractivity (Wildman–Crippen MR) is 70.5 cm³/mol. The van der Waals surface area contributed by atoms with E-state index in [1.54, 1.807) is 0 Å². The molecule has 0 spiro atoms. The third kappa shape index (κ3) is 4.33. The molecule has 1 aliphatic heterocycles. The van der Waals surface area contributed by atoms with E-state index in [4.69, 9.17) is 5.73 Å². The van der Waals surface area contributed by atoms with E-state index in [-0.39, 0.29) is 0 Å². The third-order valence-corrected chi connectivity index (χ3v) is 4.43. The van der Waals surface area contributed by atoms with Gasteiger partial charge in [-0.2, -0.15) is 11.8 Å². The molecular weight excluding hydrogens is 204 g/mol. The van der Waals surface area contributed by atoms with Crippen molar-refractivity contribution in [2.75, 3.05) is 25.4 Å². The summed E-state index contributed by atoms with van der Waals surface area (Å²) in [5, 5.41) is 0. The van der Waals surface area contributed by atoms with Crippen LogP contribution in [0.3, 0.4) is 0 Å². The highest BCUT2D eigenvalue weighted by Crippen LogP contribution is 2.30. The highest BCUT2D eigenvalue weighted by atomic mass is 32.2. The van der Waals surface area contributed by atoms with Crippen LogP contribution in [0.5, 0.6) is 0 Å². The van der Waals surface area contributed by atoms with Crippen molar-refractivity contribution in [3.8, 4) is 0 Å². The van der Waals surface area contributed by atoms with Crippen molar-refractivity contribution in [1.82, 2.24) is 4.90 Å². The van der Waals surface area contributed by atoms with E-state index < -0.39 is 0 Å². The van der Waals surface area contributed by atoms with Gasteiger partial charge < -0.3 is 5.73 Å². The van der Waals surface area contributed by atoms with Crippen LogP contribution in [0.1, 0.15) is 40.0 Å². The minimum absolute atomic E-state index is 0.415. The zero-order valence-corrected chi connectivity index (χ0v) is 11.3. The maximum atomic E-state index is 5.88. The Morgan fingerprint density at radius 3 is 2.73 bits per heavy atom. The third-order valence-electron chi connectivity index (χ3n) is 3.13. The van der Waals surface area contributed by atoms with Gasteiger partial charge in [-0.05, 0) is 20.3 Å². The molecule has 1 fully saturated rings. The molecule has 0 aromatic heterocycles. The van der Waals surface area contributed by atoms with Crippen LogP contribution in [-0.4, -0.2) is 41.1 Å². The van der Waals surface area contributed by atoms with Crippen molar-refractivity contribution < 1.29 is 0 Å². The van der Waals surface area contributed by atoms with E-state index in [1.165, 1.54) is 38.1 Å². The van der Waals surface area contributed by atoms with Gasteiger partial charge in [0, 0.05) is 36.2 Å². The molecule has 0 aromatic carbocycles. The Bertz CT molecular complexity index is 182. The van der Waals surface area contributed by atoms with Gasteiger partial charge in [0.15, 0.2) is 0 Å². The maximum absolute atomic E-state index is 5.88. The van der Waals surface area contributed by atoms with E-state index in [0.29, 0.717) is 10.8 Å². The predicted octanol–water partition coefficient (Wildman–Crippen LogP) is 2.33. The molecular formula is C12H26N2S. The van der Waals surface area contributed by atoms with E-state index >= 15 is 0 Å². The molecule has 0 aromatic rings. The van der Waals surface area contributed by atoms with Crippen LogP contribution in [0, 0.1) is 0 Å². The molecule has 1 unspecified atom stereocenters. The molecule has 2 nitrogen and oxygen atoms in total. The van der Waals surface area contributed by atoms with E-state index in [9.17, 15) is 0 Å². The van der Waals surface area contributed by atoms with Gasteiger partial charge in [0.25, 0.3) is 0 Å². The standard InChI is InChI=1S/C12H26N2S/c1-4-5-6-11(9-13)14-7-8-15-12(2,3)10-14/h11H,4-10,13H2,1-3H3. The molecule has 1 saturated heterocycles. The summed E-state index contributed by atoms with van der Waals surface area (Å²) in [4.78, 5) is 2.60. The Morgan fingerprint density at radius 1 is 1.47 bits per heavy atom. The minimum Gasteiger partial charge on any atom is -0.329 e. The molecule has 0 bridgehead atoms. The Labute approximate surface area is 99.0 Å². The number of rotatable bonds is 5. The zero-order valence-electron chi connectivity index (χ0n) is 10.5. The molecule has 1 atom stereocenters. The summed E-state index contributed by atoms with van der Waals surface area (Å²) in [6, 6.07) is 0.616. The molecule has 1 aliphatic rings. The second kappa shape index (κ2) is 6.12. The van der Waals surface area contributed by atoms with Crippen LogP contribution in [0.2, 0.25) is 0 Å². The number of nitrogens with two attached hydrogens (primary N) is 1. The van der Waals surface area contributed by atoms with Crippen LogP contribution in [0.15, 0.2) is 0 Å². The molecule has 0 aliphatic carbocycles. The van der Waals surface area contributed by atoms with Crippen LogP contribution in [0.4, 0.5) is 0 Å². The maximum Gasteiger partial charge on any atom is 0.0231 e. The molecule has 1 heterocycles. The molecule has 0 amide bonds. The van der Waals surface area contributed by atoms with Crippen molar-refractivity contribution in [2.45, 2.75) is 50.8 Å². The molecule has 3 heteroatoms. The van der Waals surface area contributed by atoms with Gasteiger partial charge in [-0.3, -0.25) is 4.90 Å². The molecule has 0 radical (unpaired) electrons. The van der Waals surface area contributed by atoms with Gasteiger partial charge >= 0.3 is 0 Å². The quantitative estimate of drug-likeness (QED) is 0.786. The van der Waals surface area contributed by atoms with Crippen LogP contribution in [-0.2, 0) is 0 Å². The first-order chi connectivity index (χ1) is 7.09. The van der Waals surface area contributed by atoms with Crippen LogP contribution < -0.4 is 5.73 Å². The fraction of sp³-hybridized carbons (Fsp3) is 1.00. The number of nitrogens with zero attached hydrogens (tertiary/aromatic N) is 1. The smallest absolute Gasteiger partial charge is 0.0231 e. The Hall–Kier alpha value is 0.270. The fourth-order valence-corrected chi connectivity index (χ4v) is 3.39. The van der Waals surface area contributed by atoms with Crippen molar-refractivity contribution in [1.29, 1.82) is 0 Å². The lowest BCUT2D eigenvalue weighted by Crippen LogP contribution is -2.50. The summed E-state index contributed by atoms with van der Waals surface area (Å²) >= 11 is 2.09. The minimum atomic E-state index is 0.415. The second-order valence-electron chi connectivity index (χ2n) is 5.11.